The van der Waals surface area contributed by atoms with Crippen LogP contribution in [-0.4, -0.2) is 25.0 Å². The molecule has 33 heavy (non-hydrogen) atoms. The van der Waals surface area contributed by atoms with E-state index in [0.717, 1.165) is 11.1 Å². The summed E-state index contributed by atoms with van der Waals surface area (Å²) in [6.07, 6.45) is 0. The van der Waals surface area contributed by atoms with Crippen LogP contribution in [0.1, 0.15) is 35.8 Å². The van der Waals surface area contributed by atoms with Crippen LogP contribution in [0.2, 0.25) is 0 Å². The quantitative estimate of drug-likeness (QED) is 0.377. The van der Waals surface area contributed by atoms with E-state index in [0.29, 0.717) is 29.3 Å². The van der Waals surface area contributed by atoms with Crippen LogP contribution >= 0.6 is 0 Å². The van der Waals surface area contributed by atoms with Gasteiger partial charge in [0.2, 0.25) is 5.91 Å². The standard InChI is InChI=1S/C27H29N3O3/c1-19(2)18-33-25-14-12-23(13-15-25)30-26(31)17-28-24-11-7-10-22(16-24)27(32)29-20(3)21-8-5-4-6-9-21/h4-16,20,28H,1,17-18H2,2-3H3,(H,29,32)(H,30,31). The molecule has 6 nitrogen and oxygen atoms in total. The Morgan fingerprint density at radius 3 is 2.36 bits per heavy atom. The highest BCUT2D eigenvalue weighted by atomic mass is 16.5. The highest BCUT2D eigenvalue weighted by Crippen LogP contribution is 2.17. The normalized spacial score (nSPS) is 11.2. The van der Waals surface area contributed by atoms with Crippen LogP contribution in [0.15, 0.2) is 91.0 Å². The number of carbonyl (C=O) groups excluding carboxylic acids is 2. The maximum atomic E-state index is 12.6. The zero-order valence-corrected chi connectivity index (χ0v) is 18.9. The van der Waals surface area contributed by atoms with Gasteiger partial charge in [-0.3, -0.25) is 9.59 Å². The van der Waals surface area contributed by atoms with Gasteiger partial charge in [0.25, 0.3) is 5.91 Å². The largest absolute Gasteiger partial charge is 0.489 e. The van der Waals surface area contributed by atoms with E-state index >= 15 is 0 Å². The third-order valence-corrected chi connectivity index (χ3v) is 4.85. The topological polar surface area (TPSA) is 79.5 Å². The first-order chi connectivity index (χ1) is 15.9. The van der Waals surface area contributed by atoms with E-state index in [4.69, 9.17) is 4.74 Å². The molecule has 2 amide bonds. The lowest BCUT2D eigenvalue weighted by Crippen LogP contribution is -2.26. The SMILES string of the molecule is C=C(C)COc1ccc(NC(=O)CNc2cccc(C(=O)NC(C)c3ccccc3)c2)cc1. The molecule has 3 aromatic carbocycles. The average molecular weight is 444 g/mol. The van der Waals surface area contributed by atoms with Crippen LogP contribution in [-0.2, 0) is 4.79 Å². The minimum Gasteiger partial charge on any atom is -0.489 e. The molecule has 3 N–H and O–H groups in total. The van der Waals surface area contributed by atoms with Gasteiger partial charge >= 0.3 is 0 Å². The van der Waals surface area contributed by atoms with Crippen molar-refractivity contribution in [1.82, 2.24) is 5.32 Å². The van der Waals surface area contributed by atoms with E-state index in [1.807, 2.05) is 50.2 Å². The van der Waals surface area contributed by atoms with Crippen LogP contribution < -0.4 is 20.7 Å². The minimum atomic E-state index is -0.196. The second kappa shape index (κ2) is 11.5. The molecule has 3 aromatic rings. The van der Waals surface area contributed by atoms with E-state index < -0.39 is 0 Å². The molecule has 0 aromatic heterocycles. The first kappa shape index (κ1) is 23.6. The van der Waals surface area contributed by atoms with Gasteiger partial charge < -0.3 is 20.7 Å². The molecule has 0 radical (unpaired) electrons. The molecule has 1 atom stereocenters. The molecule has 0 heterocycles. The zero-order valence-electron chi connectivity index (χ0n) is 18.9. The Kier molecular flexibility index (Phi) is 8.24. The predicted molar refractivity (Wildman–Crippen MR) is 133 cm³/mol. The summed E-state index contributed by atoms with van der Waals surface area (Å²) >= 11 is 0. The van der Waals surface area contributed by atoms with Crippen molar-refractivity contribution >= 4 is 23.2 Å². The summed E-state index contributed by atoms with van der Waals surface area (Å²) in [6, 6.07) is 23.9. The number of ether oxygens (including phenoxy) is 1. The third-order valence-electron chi connectivity index (χ3n) is 4.85. The Balaban J connectivity index is 1.50. The molecule has 0 bridgehead atoms. The number of rotatable bonds is 10. The first-order valence-corrected chi connectivity index (χ1v) is 10.8. The van der Waals surface area contributed by atoms with Gasteiger partial charge in [-0.2, -0.15) is 0 Å². The van der Waals surface area contributed by atoms with Crippen molar-refractivity contribution in [2.24, 2.45) is 0 Å². The number of amides is 2. The van der Waals surface area contributed by atoms with E-state index in [1.54, 1.807) is 42.5 Å². The molecule has 0 spiro atoms. The number of hydrogen-bond acceptors (Lipinski definition) is 4. The number of benzene rings is 3. The summed E-state index contributed by atoms with van der Waals surface area (Å²) in [5, 5.41) is 8.89. The van der Waals surface area contributed by atoms with Gasteiger partial charge in [-0.05, 0) is 67.4 Å². The summed E-state index contributed by atoms with van der Waals surface area (Å²) in [5.41, 5.74) is 3.85. The lowest BCUT2D eigenvalue weighted by Gasteiger charge is -2.15. The second-order valence-electron chi connectivity index (χ2n) is 7.86. The van der Waals surface area contributed by atoms with Gasteiger partial charge in [0.15, 0.2) is 0 Å². The van der Waals surface area contributed by atoms with Gasteiger partial charge in [0.1, 0.15) is 12.4 Å². The van der Waals surface area contributed by atoms with Crippen molar-refractivity contribution in [2.75, 3.05) is 23.8 Å². The molecule has 170 valence electrons. The minimum absolute atomic E-state index is 0.0688. The number of anilines is 2. The van der Waals surface area contributed by atoms with Crippen molar-refractivity contribution in [3.8, 4) is 5.75 Å². The van der Waals surface area contributed by atoms with Crippen molar-refractivity contribution in [1.29, 1.82) is 0 Å². The van der Waals surface area contributed by atoms with Gasteiger partial charge in [-0.15, -0.1) is 0 Å². The molecule has 0 aliphatic heterocycles. The molecule has 3 rings (SSSR count). The maximum Gasteiger partial charge on any atom is 0.251 e. The molecule has 0 saturated heterocycles. The number of carbonyl (C=O) groups is 2. The van der Waals surface area contributed by atoms with E-state index in [-0.39, 0.29) is 24.4 Å². The number of nitrogens with one attached hydrogen (secondary N) is 3. The Morgan fingerprint density at radius 2 is 1.67 bits per heavy atom. The highest BCUT2D eigenvalue weighted by molar-refractivity contribution is 5.96. The zero-order chi connectivity index (χ0) is 23.6. The van der Waals surface area contributed by atoms with Crippen LogP contribution in [0.4, 0.5) is 11.4 Å². The summed E-state index contributed by atoms with van der Waals surface area (Å²) in [6.45, 7) is 8.17. The maximum absolute atomic E-state index is 12.6. The van der Waals surface area contributed by atoms with Crippen molar-refractivity contribution in [2.45, 2.75) is 19.9 Å². The van der Waals surface area contributed by atoms with Crippen molar-refractivity contribution in [3.63, 3.8) is 0 Å². The summed E-state index contributed by atoms with van der Waals surface area (Å²) in [7, 11) is 0. The molecular weight excluding hydrogens is 414 g/mol. The Labute approximate surface area is 194 Å². The third kappa shape index (κ3) is 7.54. The monoisotopic (exact) mass is 443 g/mol. The van der Waals surface area contributed by atoms with Crippen LogP contribution in [0.5, 0.6) is 5.75 Å². The van der Waals surface area contributed by atoms with E-state index in [9.17, 15) is 9.59 Å². The molecule has 0 aliphatic rings. The lowest BCUT2D eigenvalue weighted by atomic mass is 10.1. The molecule has 0 saturated carbocycles. The molecule has 0 aliphatic carbocycles. The van der Waals surface area contributed by atoms with E-state index in [1.165, 1.54) is 0 Å². The summed E-state index contributed by atoms with van der Waals surface area (Å²) in [4.78, 5) is 24.9. The number of hydrogen-bond donors (Lipinski definition) is 3. The Hall–Kier alpha value is -4.06. The van der Waals surface area contributed by atoms with Crippen LogP contribution in [0.25, 0.3) is 0 Å². The second-order valence-corrected chi connectivity index (χ2v) is 7.86. The average Bonchev–Trinajstić information content (AvgIpc) is 2.83. The van der Waals surface area contributed by atoms with Crippen LogP contribution in [0.3, 0.4) is 0 Å². The molecule has 6 heteroatoms. The molecule has 0 fully saturated rings. The van der Waals surface area contributed by atoms with Gasteiger partial charge in [0, 0.05) is 16.9 Å². The Bertz CT molecular complexity index is 1100. The smallest absolute Gasteiger partial charge is 0.251 e. The van der Waals surface area contributed by atoms with Crippen molar-refractivity contribution in [3.05, 3.63) is 102 Å². The fourth-order valence-electron chi connectivity index (χ4n) is 3.10. The fourth-order valence-corrected chi connectivity index (χ4v) is 3.10. The van der Waals surface area contributed by atoms with Gasteiger partial charge in [-0.25, -0.2) is 0 Å². The summed E-state index contributed by atoms with van der Waals surface area (Å²) in [5.74, 6) is 0.345. The van der Waals surface area contributed by atoms with E-state index in [2.05, 4.69) is 22.5 Å². The van der Waals surface area contributed by atoms with Crippen molar-refractivity contribution < 1.29 is 14.3 Å². The summed E-state index contributed by atoms with van der Waals surface area (Å²) < 4.78 is 5.55. The highest BCUT2D eigenvalue weighted by Gasteiger charge is 2.12. The van der Waals surface area contributed by atoms with Gasteiger partial charge in [-0.1, -0.05) is 43.0 Å². The predicted octanol–water partition coefficient (Wildman–Crippen LogP) is 5.18. The molecule has 1 unspecified atom stereocenters. The Morgan fingerprint density at radius 1 is 0.939 bits per heavy atom. The molecular formula is C27H29N3O3. The first-order valence-electron chi connectivity index (χ1n) is 10.8. The lowest BCUT2D eigenvalue weighted by molar-refractivity contribution is -0.114. The fraction of sp³-hybridized carbons (Fsp3) is 0.185. The van der Waals surface area contributed by atoms with Gasteiger partial charge in [0.05, 0.1) is 12.6 Å². The van der Waals surface area contributed by atoms with Crippen LogP contribution in [0, 0.1) is 0 Å².